The molecule has 0 fully saturated rings. The van der Waals surface area contributed by atoms with Crippen LogP contribution in [0.4, 0.5) is 5.69 Å². The van der Waals surface area contributed by atoms with Crippen LogP contribution in [0.1, 0.15) is 10.5 Å². The van der Waals surface area contributed by atoms with Crippen LogP contribution in [0.2, 0.25) is 0 Å². The minimum atomic E-state index is -0.863. The number of hydrogen-bond donors (Lipinski definition) is 0. The van der Waals surface area contributed by atoms with Crippen molar-refractivity contribution in [2.24, 2.45) is 0 Å². The molecule has 0 aliphatic carbocycles. The molecule has 2 rings (SSSR count). The summed E-state index contributed by atoms with van der Waals surface area (Å²) < 4.78 is 10.8. The predicted octanol–water partition coefficient (Wildman–Crippen LogP) is 1.58. The van der Waals surface area contributed by atoms with Gasteiger partial charge >= 0.3 is 11.7 Å². The molecule has 104 valence electrons. The molecule has 1 aromatic heterocycles. The number of nitro groups is 1. The zero-order valence-electron chi connectivity index (χ0n) is 10.8. The van der Waals surface area contributed by atoms with Crippen LogP contribution >= 0.6 is 0 Å². The first-order valence-corrected chi connectivity index (χ1v) is 5.53. The fraction of sp³-hybridized carbons (Fsp3) is 0.167. The number of benzene rings is 1. The van der Waals surface area contributed by atoms with Gasteiger partial charge in [-0.15, -0.1) is 0 Å². The first-order valence-electron chi connectivity index (χ1n) is 5.53. The molecule has 0 aliphatic heterocycles. The van der Waals surface area contributed by atoms with Gasteiger partial charge in [-0.1, -0.05) is 6.07 Å². The van der Waals surface area contributed by atoms with Crippen LogP contribution in [-0.2, 0) is 4.74 Å². The van der Waals surface area contributed by atoms with Crippen LogP contribution in [0.3, 0.4) is 0 Å². The minimum absolute atomic E-state index is 0.347. The molecule has 0 spiro atoms. The van der Waals surface area contributed by atoms with Gasteiger partial charge in [-0.2, -0.15) is 5.10 Å². The van der Waals surface area contributed by atoms with Gasteiger partial charge in [0.25, 0.3) is 0 Å². The fourth-order valence-corrected chi connectivity index (χ4v) is 1.63. The summed E-state index contributed by atoms with van der Waals surface area (Å²) in [6.07, 6.45) is 1.15. The number of methoxy groups -OCH3 is 2. The molecule has 0 atom stereocenters. The number of rotatable bonds is 4. The lowest BCUT2D eigenvalue weighted by Gasteiger charge is -2.03. The molecule has 8 heteroatoms. The van der Waals surface area contributed by atoms with E-state index in [2.05, 4.69) is 9.84 Å². The highest BCUT2D eigenvalue weighted by atomic mass is 16.6. The quantitative estimate of drug-likeness (QED) is 0.478. The molecule has 0 saturated carbocycles. The molecular weight excluding hydrogens is 266 g/mol. The number of hydrogen-bond acceptors (Lipinski definition) is 6. The molecular formula is C12H11N3O5. The van der Waals surface area contributed by atoms with Gasteiger partial charge in [-0.3, -0.25) is 10.1 Å². The van der Waals surface area contributed by atoms with Gasteiger partial charge in [0.05, 0.1) is 24.8 Å². The van der Waals surface area contributed by atoms with Gasteiger partial charge in [0.1, 0.15) is 11.9 Å². The SMILES string of the molecule is COC(=O)c1nn(-c2cccc(OC)c2)cc1[N+](=O)[O-]. The van der Waals surface area contributed by atoms with E-state index in [1.165, 1.54) is 11.8 Å². The predicted molar refractivity (Wildman–Crippen MR) is 68.1 cm³/mol. The van der Waals surface area contributed by atoms with Crippen molar-refractivity contribution in [1.29, 1.82) is 0 Å². The van der Waals surface area contributed by atoms with E-state index in [1.54, 1.807) is 24.3 Å². The maximum Gasteiger partial charge on any atom is 0.365 e. The summed E-state index contributed by atoms with van der Waals surface area (Å²) in [6.45, 7) is 0. The molecule has 1 heterocycles. The zero-order chi connectivity index (χ0) is 14.7. The van der Waals surface area contributed by atoms with Gasteiger partial charge in [0.15, 0.2) is 0 Å². The Morgan fingerprint density at radius 2 is 2.15 bits per heavy atom. The Morgan fingerprint density at radius 3 is 2.75 bits per heavy atom. The second-order valence-corrected chi connectivity index (χ2v) is 3.76. The van der Waals surface area contributed by atoms with E-state index in [-0.39, 0.29) is 5.69 Å². The van der Waals surface area contributed by atoms with Crippen molar-refractivity contribution >= 4 is 11.7 Å². The van der Waals surface area contributed by atoms with Gasteiger partial charge in [0.2, 0.25) is 5.69 Å². The third-order valence-electron chi connectivity index (χ3n) is 2.59. The third-order valence-corrected chi connectivity index (χ3v) is 2.59. The van der Waals surface area contributed by atoms with E-state index >= 15 is 0 Å². The summed E-state index contributed by atoms with van der Waals surface area (Å²) in [5.41, 5.74) is -0.234. The highest BCUT2D eigenvalue weighted by Crippen LogP contribution is 2.22. The summed E-state index contributed by atoms with van der Waals surface area (Å²) in [5, 5.41) is 14.8. The van der Waals surface area contributed by atoms with Crippen molar-refractivity contribution in [3.05, 3.63) is 46.3 Å². The summed E-state index contributed by atoms with van der Waals surface area (Å²) in [4.78, 5) is 21.7. The highest BCUT2D eigenvalue weighted by molar-refractivity contribution is 5.91. The maximum absolute atomic E-state index is 11.5. The van der Waals surface area contributed by atoms with E-state index in [1.807, 2.05) is 0 Å². The summed E-state index contributed by atoms with van der Waals surface area (Å²) in [6, 6.07) is 6.75. The summed E-state index contributed by atoms with van der Waals surface area (Å²) >= 11 is 0. The van der Waals surface area contributed by atoms with Crippen LogP contribution in [0, 0.1) is 10.1 Å². The van der Waals surface area contributed by atoms with E-state index in [0.29, 0.717) is 11.4 Å². The average molecular weight is 277 g/mol. The van der Waals surface area contributed by atoms with Gasteiger partial charge in [-0.25, -0.2) is 9.48 Å². The normalized spacial score (nSPS) is 10.1. The number of esters is 1. The van der Waals surface area contributed by atoms with Crippen molar-refractivity contribution in [3.8, 4) is 11.4 Å². The first kappa shape index (κ1) is 13.5. The number of ether oxygens (including phenoxy) is 2. The molecule has 8 nitrogen and oxygen atoms in total. The average Bonchev–Trinajstić information content (AvgIpc) is 2.92. The van der Waals surface area contributed by atoms with Crippen LogP contribution in [-0.4, -0.2) is 34.9 Å². The Balaban J connectivity index is 2.52. The third kappa shape index (κ3) is 2.44. The van der Waals surface area contributed by atoms with E-state index in [0.717, 1.165) is 13.3 Å². The van der Waals surface area contributed by atoms with Gasteiger partial charge in [-0.05, 0) is 12.1 Å². The van der Waals surface area contributed by atoms with E-state index in [4.69, 9.17) is 4.74 Å². The standard InChI is InChI=1S/C12H11N3O5/c1-19-9-5-3-4-8(6-9)14-7-10(15(17)18)11(13-14)12(16)20-2/h3-7H,1-2H3. The Labute approximate surface area is 113 Å². The Morgan fingerprint density at radius 1 is 1.40 bits per heavy atom. The molecule has 0 radical (unpaired) electrons. The lowest BCUT2D eigenvalue weighted by molar-refractivity contribution is -0.385. The fourth-order valence-electron chi connectivity index (χ4n) is 1.63. The van der Waals surface area contributed by atoms with E-state index in [9.17, 15) is 14.9 Å². The molecule has 0 aliphatic rings. The minimum Gasteiger partial charge on any atom is -0.497 e. The number of nitrogens with zero attached hydrogens (tertiary/aromatic N) is 3. The van der Waals surface area contributed by atoms with E-state index < -0.39 is 16.6 Å². The number of carbonyl (C=O) groups excluding carboxylic acids is 1. The Kier molecular flexibility index (Phi) is 3.65. The van der Waals surface area contributed by atoms with Gasteiger partial charge < -0.3 is 9.47 Å². The van der Waals surface area contributed by atoms with Crippen molar-refractivity contribution < 1.29 is 19.2 Å². The largest absolute Gasteiger partial charge is 0.497 e. The molecule has 1 aromatic carbocycles. The second-order valence-electron chi connectivity index (χ2n) is 3.76. The Hall–Kier alpha value is -2.90. The van der Waals surface area contributed by atoms with Crippen molar-refractivity contribution in [2.45, 2.75) is 0 Å². The van der Waals surface area contributed by atoms with Crippen LogP contribution in [0.15, 0.2) is 30.5 Å². The maximum atomic E-state index is 11.5. The highest BCUT2D eigenvalue weighted by Gasteiger charge is 2.26. The number of aromatic nitrogens is 2. The molecule has 0 amide bonds. The van der Waals surface area contributed by atoms with Crippen molar-refractivity contribution in [3.63, 3.8) is 0 Å². The summed E-state index contributed by atoms with van der Waals surface area (Å²) in [7, 11) is 2.64. The smallest absolute Gasteiger partial charge is 0.365 e. The Bertz CT molecular complexity index is 665. The lowest BCUT2D eigenvalue weighted by Crippen LogP contribution is -2.06. The second kappa shape index (κ2) is 5.39. The lowest BCUT2D eigenvalue weighted by atomic mass is 10.3. The van der Waals surface area contributed by atoms with Gasteiger partial charge in [0, 0.05) is 6.07 Å². The molecule has 0 saturated heterocycles. The molecule has 0 N–H and O–H groups in total. The molecule has 2 aromatic rings. The molecule has 0 unspecified atom stereocenters. The van der Waals surface area contributed by atoms with Crippen LogP contribution < -0.4 is 4.74 Å². The topological polar surface area (TPSA) is 96.5 Å². The van der Waals surface area contributed by atoms with Crippen LogP contribution in [0.5, 0.6) is 5.75 Å². The number of carbonyl (C=O) groups is 1. The van der Waals surface area contributed by atoms with Crippen molar-refractivity contribution in [1.82, 2.24) is 9.78 Å². The molecule has 0 bridgehead atoms. The monoisotopic (exact) mass is 277 g/mol. The summed E-state index contributed by atoms with van der Waals surface area (Å²) in [5.74, 6) is -0.293. The van der Waals surface area contributed by atoms with Crippen LogP contribution in [0.25, 0.3) is 5.69 Å². The zero-order valence-corrected chi connectivity index (χ0v) is 10.8. The first-order chi connectivity index (χ1) is 9.56. The molecule has 20 heavy (non-hydrogen) atoms. The van der Waals surface area contributed by atoms with Crippen molar-refractivity contribution in [2.75, 3.05) is 14.2 Å².